The molecule has 0 aromatic heterocycles. The standard InChI is InChI=1S/C15H21FN2O2/c1-15(2,3)20-14(19)18-9-8-17-13(10-18)11-6-4-5-7-12(11)16/h4-7,13,17H,8-10H2,1-3H3. The van der Waals surface area contributed by atoms with Crippen LogP contribution in [0.2, 0.25) is 0 Å². The van der Waals surface area contributed by atoms with Gasteiger partial charge in [-0.05, 0) is 26.8 Å². The average Bonchev–Trinajstić information content (AvgIpc) is 2.37. The molecule has 1 aliphatic heterocycles. The monoisotopic (exact) mass is 280 g/mol. The highest BCUT2D eigenvalue weighted by molar-refractivity contribution is 5.68. The number of amides is 1. The molecule has 1 aliphatic rings. The minimum Gasteiger partial charge on any atom is -0.444 e. The smallest absolute Gasteiger partial charge is 0.410 e. The van der Waals surface area contributed by atoms with Crippen LogP contribution in [0.3, 0.4) is 0 Å². The van der Waals surface area contributed by atoms with Gasteiger partial charge in [0, 0.05) is 25.2 Å². The van der Waals surface area contributed by atoms with Gasteiger partial charge in [-0.25, -0.2) is 9.18 Å². The van der Waals surface area contributed by atoms with E-state index in [1.807, 2.05) is 20.8 Å². The number of hydrogen-bond donors (Lipinski definition) is 1. The summed E-state index contributed by atoms with van der Waals surface area (Å²) < 4.78 is 19.2. The molecule has 1 aromatic carbocycles. The summed E-state index contributed by atoms with van der Waals surface area (Å²) in [5, 5.41) is 3.23. The summed E-state index contributed by atoms with van der Waals surface area (Å²) in [4.78, 5) is 13.7. The van der Waals surface area contributed by atoms with Gasteiger partial charge in [0.15, 0.2) is 0 Å². The Balaban J connectivity index is 2.06. The van der Waals surface area contributed by atoms with Crippen molar-refractivity contribution in [3.05, 3.63) is 35.6 Å². The Kier molecular flexibility index (Phi) is 4.28. The molecule has 0 saturated carbocycles. The molecule has 4 nitrogen and oxygen atoms in total. The number of hydrogen-bond acceptors (Lipinski definition) is 3. The van der Waals surface area contributed by atoms with Crippen LogP contribution in [0.4, 0.5) is 9.18 Å². The summed E-state index contributed by atoms with van der Waals surface area (Å²) in [6.07, 6.45) is -0.347. The van der Waals surface area contributed by atoms with Gasteiger partial charge >= 0.3 is 6.09 Å². The van der Waals surface area contributed by atoms with E-state index in [9.17, 15) is 9.18 Å². The number of ether oxygens (including phenoxy) is 1. The van der Waals surface area contributed by atoms with E-state index in [4.69, 9.17) is 4.74 Å². The van der Waals surface area contributed by atoms with Crippen molar-refractivity contribution < 1.29 is 13.9 Å². The van der Waals surface area contributed by atoms with Crippen LogP contribution in [-0.4, -0.2) is 36.2 Å². The number of nitrogens with one attached hydrogen (secondary N) is 1. The zero-order valence-corrected chi connectivity index (χ0v) is 12.1. The molecule has 0 radical (unpaired) electrons. The molecule has 110 valence electrons. The molecule has 0 bridgehead atoms. The quantitative estimate of drug-likeness (QED) is 0.860. The molecule has 1 heterocycles. The highest BCUT2D eigenvalue weighted by atomic mass is 19.1. The van der Waals surface area contributed by atoms with Gasteiger partial charge in [-0.3, -0.25) is 0 Å². The van der Waals surface area contributed by atoms with Crippen LogP contribution in [0.1, 0.15) is 32.4 Å². The number of piperazine rings is 1. The first-order chi connectivity index (χ1) is 9.37. The summed E-state index contributed by atoms with van der Waals surface area (Å²) in [5.74, 6) is -0.254. The maximum absolute atomic E-state index is 13.8. The van der Waals surface area contributed by atoms with Gasteiger partial charge in [0.1, 0.15) is 11.4 Å². The number of benzene rings is 1. The van der Waals surface area contributed by atoms with Crippen molar-refractivity contribution in [2.45, 2.75) is 32.4 Å². The number of carbonyl (C=O) groups is 1. The Hall–Kier alpha value is -1.62. The third kappa shape index (κ3) is 3.70. The van der Waals surface area contributed by atoms with E-state index >= 15 is 0 Å². The van der Waals surface area contributed by atoms with Crippen LogP contribution < -0.4 is 5.32 Å². The maximum atomic E-state index is 13.8. The fourth-order valence-corrected chi connectivity index (χ4v) is 2.21. The second-order valence-corrected chi connectivity index (χ2v) is 5.95. The highest BCUT2D eigenvalue weighted by Gasteiger charge is 2.28. The van der Waals surface area contributed by atoms with Gasteiger partial charge in [0.25, 0.3) is 0 Å². The number of halogens is 1. The Bertz CT molecular complexity index is 485. The third-order valence-electron chi connectivity index (χ3n) is 3.11. The van der Waals surface area contributed by atoms with Gasteiger partial charge in [0.05, 0.1) is 6.04 Å². The van der Waals surface area contributed by atoms with Gasteiger partial charge in [-0.15, -0.1) is 0 Å². The van der Waals surface area contributed by atoms with Crippen LogP contribution >= 0.6 is 0 Å². The number of rotatable bonds is 1. The molecular formula is C15H21FN2O2. The predicted molar refractivity (Wildman–Crippen MR) is 75.0 cm³/mol. The zero-order valence-electron chi connectivity index (χ0n) is 12.1. The molecular weight excluding hydrogens is 259 g/mol. The van der Waals surface area contributed by atoms with E-state index in [-0.39, 0.29) is 18.0 Å². The molecule has 1 saturated heterocycles. The molecule has 2 rings (SSSR count). The van der Waals surface area contributed by atoms with E-state index in [2.05, 4.69) is 5.32 Å². The van der Waals surface area contributed by atoms with Crippen molar-refractivity contribution in [2.75, 3.05) is 19.6 Å². The molecule has 1 aromatic rings. The molecule has 1 atom stereocenters. The third-order valence-corrected chi connectivity index (χ3v) is 3.11. The molecule has 0 aliphatic carbocycles. The van der Waals surface area contributed by atoms with Crippen LogP contribution in [0.15, 0.2) is 24.3 Å². The van der Waals surface area contributed by atoms with Crippen LogP contribution in [0.5, 0.6) is 0 Å². The predicted octanol–water partition coefficient (Wildman–Crippen LogP) is 2.71. The average molecular weight is 280 g/mol. The zero-order chi connectivity index (χ0) is 14.8. The second kappa shape index (κ2) is 5.79. The van der Waals surface area contributed by atoms with E-state index in [1.54, 1.807) is 23.1 Å². The Morgan fingerprint density at radius 3 is 2.75 bits per heavy atom. The fourth-order valence-electron chi connectivity index (χ4n) is 2.21. The first-order valence-corrected chi connectivity index (χ1v) is 6.82. The van der Waals surface area contributed by atoms with Crippen molar-refractivity contribution in [1.29, 1.82) is 0 Å². The van der Waals surface area contributed by atoms with E-state index in [0.29, 0.717) is 25.2 Å². The van der Waals surface area contributed by atoms with Crippen molar-refractivity contribution in [2.24, 2.45) is 0 Å². The molecule has 1 N–H and O–H groups in total. The molecule has 20 heavy (non-hydrogen) atoms. The SMILES string of the molecule is CC(C)(C)OC(=O)N1CCNC(c2ccccc2F)C1. The van der Waals surface area contributed by atoms with Crippen molar-refractivity contribution in [3.8, 4) is 0 Å². The summed E-state index contributed by atoms with van der Waals surface area (Å²) in [5.41, 5.74) is 0.0656. The summed E-state index contributed by atoms with van der Waals surface area (Å²) in [7, 11) is 0. The van der Waals surface area contributed by atoms with Crippen molar-refractivity contribution >= 4 is 6.09 Å². The lowest BCUT2D eigenvalue weighted by atomic mass is 10.0. The molecule has 1 fully saturated rings. The molecule has 1 unspecified atom stereocenters. The lowest BCUT2D eigenvalue weighted by molar-refractivity contribution is 0.0194. The summed E-state index contributed by atoms with van der Waals surface area (Å²) >= 11 is 0. The first kappa shape index (κ1) is 14.8. The van der Waals surface area contributed by atoms with Gasteiger partial charge in [0.2, 0.25) is 0 Å². The van der Waals surface area contributed by atoms with E-state index in [0.717, 1.165) is 0 Å². The van der Waals surface area contributed by atoms with E-state index in [1.165, 1.54) is 6.07 Å². The van der Waals surface area contributed by atoms with Gasteiger partial charge < -0.3 is 15.0 Å². The summed E-state index contributed by atoms with van der Waals surface area (Å²) in [6, 6.07) is 6.44. The maximum Gasteiger partial charge on any atom is 0.410 e. The Labute approximate surface area is 118 Å². The molecule has 1 amide bonds. The lowest BCUT2D eigenvalue weighted by Crippen LogP contribution is -2.49. The Morgan fingerprint density at radius 1 is 1.40 bits per heavy atom. The number of carbonyl (C=O) groups excluding carboxylic acids is 1. The number of nitrogens with zero attached hydrogens (tertiary/aromatic N) is 1. The normalized spacial score (nSPS) is 19.8. The topological polar surface area (TPSA) is 41.6 Å². The first-order valence-electron chi connectivity index (χ1n) is 6.82. The summed E-state index contributed by atoms with van der Waals surface area (Å²) in [6.45, 7) is 7.11. The van der Waals surface area contributed by atoms with Crippen LogP contribution in [0.25, 0.3) is 0 Å². The molecule has 5 heteroatoms. The van der Waals surface area contributed by atoms with Crippen LogP contribution in [-0.2, 0) is 4.74 Å². The van der Waals surface area contributed by atoms with E-state index < -0.39 is 5.60 Å². The Morgan fingerprint density at radius 2 is 2.10 bits per heavy atom. The lowest BCUT2D eigenvalue weighted by Gasteiger charge is -2.35. The van der Waals surface area contributed by atoms with Gasteiger partial charge in [-0.1, -0.05) is 18.2 Å². The second-order valence-electron chi connectivity index (χ2n) is 5.95. The minimum absolute atomic E-state index is 0.197. The minimum atomic E-state index is -0.518. The highest BCUT2D eigenvalue weighted by Crippen LogP contribution is 2.21. The van der Waals surface area contributed by atoms with Crippen LogP contribution in [0, 0.1) is 5.82 Å². The largest absolute Gasteiger partial charge is 0.444 e. The van der Waals surface area contributed by atoms with Crippen molar-refractivity contribution in [3.63, 3.8) is 0 Å². The van der Waals surface area contributed by atoms with Gasteiger partial charge in [-0.2, -0.15) is 0 Å². The molecule has 0 spiro atoms. The fraction of sp³-hybridized carbons (Fsp3) is 0.533. The van der Waals surface area contributed by atoms with Crippen molar-refractivity contribution in [1.82, 2.24) is 10.2 Å².